The third-order valence-corrected chi connectivity index (χ3v) is 3.17. The van der Waals surface area contributed by atoms with Crippen molar-refractivity contribution in [2.45, 2.75) is 6.92 Å². The number of rotatable bonds is 4. The molecule has 0 unspecified atom stereocenters. The maximum atomic E-state index is 13.8. The number of halogens is 2. The Hall–Kier alpha value is -3.42. The first-order chi connectivity index (χ1) is 12.0. The van der Waals surface area contributed by atoms with Gasteiger partial charge in [0.25, 0.3) is 5.91 Å². The number of carbonyl (C=O) groups excluding carboxylic acids is 1. The zero-order chi connectivity index (χ0) is 17.8. The van der Waals surface area contributed by atoms with Crippen molar-refractivity contribution in [1.29, 1.82) is 0 Å². The zero-order valence-electron chi connectivity index (χ0n) is 13.0. The zero-order valence-corrected chi connectivity index (χ0v) is 13.0. The van der Waals surface area contributed by atoms with Gasteiger partial charge in [-0.05, 0) is 31.2 Å². The quantitative estimate of drug-likeness (QED) is 0.785. The maximum Gasteiger partial charge on any atom is 0.257 e. The lowest BCUT2D eigenvalue weighted by Crippen LogP contribution is -2.14. The Kier molecular flexibility index (Phi) is 4.60. The molecule has 0 fully saturated rings. The Bertz CT molecular complexity index is 920. The fourth-order valence-corrected chi connectivity index (χ4v) is 2.03. The van der Waals surface area contributed by atoms with Crippen LogP contribution >= 0.6 is 0 Å². The molecule has 2 heterocycles. The van der Waals surface area contributed by atoms with E-state index in [4.69, 9.17) is 4.74 Å². The lowest BCUT2D eigenvalue weighted by molar-refractivity contribution is 0.102. The van der Waals surface area contributed by atoms with Crippen LogP contribution in [0.3, 0.4) is 0 Å². The molecule has 6 nitrogen and oxygen atoms in total. The minimum atomic E-state index is -0.650. The van der Waals surface area contributed by atoms with Gasteiger partial charge in [-0.1, -0.05) is 0 Å². The van der Waals surface area contributed by atoms with Gasteiger partial charge in [0.15, 0.2) is 5.75 Å². The summed E-state index contributed by atoms with van der Waals surface area (Å²) in [5.74, 6) is -1.16. The Balaban J connectivity index is 1.81. The van der Waals surface area contributed by atoms with E-state index < -0.39 is 17.5 Å². The molecule has 0 aliphatic rings. The Morgan fingerprint density at radius 2 is 1.84 bits per heavy atom. The Morgan fingerprint density at radius 1 is 1.08 bits per heavy atom. The predicted octanol–water partition coefficient (Wildman–Crippen LogP) is 3.50. The van der Waals surface area contributed by atoms with Crippen molar-refractivity contribution >= 4 is 11.7 Å². The first-order valence-corrected chi connectivity index (χ1v) is 7.19. The van der Waals surface area contributed by atoms with Gasteiger partial charge in [-0.2, -0.15) is 0 Å². The van der Waals surface area contributed by atoms with Crippen LogP contribution in [0.1, 0.15) is 16.1 Å². The van der Waals surface area contributed by atoms with Gasteiger partial charge in [0.1, 0.15) is 29.5 Å². The molecule has 126 valence electrons. The average molecular weight is 342 g/mol. The normalized spacial score (nSPS) is 10.4. The highest BCUT2D eigenvalue weighted by molar-refractivity contribution is 6.04. The van der Waals surface area contributed by atoms with Gasteiger partial charge in [0.05, 0.1) is 18.1 Å². The second-order valence-corrected chi connectivity index (χ2v) is 5.07. The standard InChI is InChI=1S/C17H12F2N4O2/c1-10-15(19)2-3-16(22-10)23-17(24)11-4-12(18)6-13(5-11)25-14-7-20-9-21-8-14/h2-9H,1H3,(H,22,23,24). The summed E-state index contributed by atoms with van der Waals surface area (Å²) in [6.45, 7) is 1.47. The molecule has 25 heavy (non-hydrogen) atoms. The van der Waals surface area contributed by atoms with E-state index >= 15 is 0 Å². The maximum absolute atomic E-state index is 13.8. The van der Waals surface area contributed by atoms with Gasteiger partial charge in [-0.25, -0.2) is 23.7 Å². The van der Waals surface area contributed by atoms with Crippen LogP contribution < -0.4 is 10.1 Å². The minimum Gasteiger partial charge on any atom is -0.454 e. The van der Waals surface area contributed by atoms with Crippen LogP contribution in [0.4, 0.5) is 14.6 Å². The summed E-state index contributed by atoms with van der Waals surface area (Å²) in [5.41, 5.74) is 0.167. The van der Waals surface area contributed by atoms with E-state index in [1.807, 2.05) is 0 Å². The van der Waals surface area contributed by atoms with E-state index in [1.54, 1.807) is 0 Å². The van der Waals surface area contributed by atoms with Gasteiger partial charge < -0.3 is 10.1 Å². The second-order valence-electron chi connectivity index (χ2n) is 5.07. The van der Waals surface area contributed by atoms with E-state index in [9.17, 15) is 13.6 Å². The number of aryl methyl sites for hydroxylation is 1. The average Bonchev–Trinajstić information content (AvgIpc) is 2.58. The van der Waals surface area contributed by atoms with E-state index in [0.717, 1.165) is 12.1 Å². The van der Waals surface area contributed by atoms with Crippen LogP contribution in [0.2, 0.25) is 0 Å². The molecule has 1 amide bonds. The van der Waals surface area contributed by atoms with Gasteiger partial charge in [-0.15, -0.1) is 0 Å². The molecule has 0 saturated carbocycles. The van der Waals surface area contributed by atoms with E-state index in [-0.39, 0.29) is 22.8 Å². The number of ether oxygens (including phenoxy) is 1. The number of amides is 1. The van der Waals surface area contributed by atoms with Crippen LogP contribution in [-0.4, -0.2) is 20.9 Å². The molecule has 8 heteroatoms. The summed E-state index contributed by atoms with van der Waals surface area (Å²) in [5, 5.41) is 2.48. The predicted molar refractivity (Wildman–Crippen MR) is 85.4 cm³/mol. The van der Waals surface area contributed by atoms with Crippen molar-refractivity contribution in [1.82, 2.24) is 15.0 Å². The van der Waals surface area contributed by atoms with E-state index in [2.05, 4.69) is 20.3 Å². The molecular weight excluding hydrogens is 330 g/mol. The summed E-state index contributed by atoms with van der Waals surface area (Å²) in [6.07, 6.45) is 4.14. The summed E-state index contributed by atoms with van der Waals surface area (Å²) in [6, 6.07) is 6.05. The largest absolute Gasteiger partial charge is 0.454 e. The number of benzene rings is 1. The first-order valence-electron chi connectivity index (χ1n) is 7.19. The van der Waals surface area contributed by atoms with Crippen molar-refractivity contribution in [3.05, 3.63) is 71.9 Å². The topological polar surface area (TPSA) is 77.0 Å². The second kappa shape index (κ2) is 7.00. The highest BCUT2D eigenvalue weighted by Gasteiger charge is 2.12. The highest BCUT2D eigenvalue weighted by atomic mass is 19.1. The fourth-order valence-electron chi connectivity index (χ4n) is 2.03. The minimum absolute atomic E-state index is 0.0237. The van der Waals surface area contributed by atoms with Gasteiger partial charge in [0, 0.05) is 11.6 Å². The molecule has 3 rings (SSSR count). The number of carbonyl (C=O) groups is 1. The van der Waals surface area contributed by atoms with Crippen molar-refractivity contribution in [3.63, 3.8) is 0 Å². The van der Waals surface area contributed by atoms with Gasteiger partial charge >= 0.3 is 0 Å². The molecule has 0 saturated heterocycles. The number of hydrogen-bond donors (Lipinski definition) is 1. The molecule has 0 aliphatic heterocycles. The van der Waals surface area contributed by atoms with Crippen molar-refractivity contribution in [3.8, 4) is 11.5 Å². The van der Waals surface area contributed by atoms with Crippen LogP contribution in [0.25, 0.3) is 0 Å². The molecule has 1 aromatic carbocycles. The summed E-state index contributed by atoms with van der Waals surface area (Å²) in [7, 11) is 0. The molecule has 2 aromatic heterocycles. The number of nitrogens with one attached hydrogen (secondary N) is 1. The fraction of sp³-hybridized carbons (Fsp3) is 0.0588. The third kappa shape index (κ3) is 4.11. The van der Waals surface area contributed by atoms with Crippen molar-refractivity contribution < 1.29 is 18.3 Å². The van der Waals surface area contributed by atoms with E-state index in [0.29, 0.717) is 5.75 Å². The Morgan fingerprint density at radius 3 is 2.56 bits per heavy atom. The van der Waals surface area contributed by atoms with Crippen LogP contribution in [0.5, 0.6) is 11.5 Å². The number of pyridine rings is 1. The molecule has 0 bridgehead atoms. The van der Waals surface area contributed by atoms with Crippen LogP contribution in [0, 0.1) is 18.6 Å². The molecule has 3 aromatic rings. The lowest BCUT2D eigenvalue weighted by Gasteiger charge is -2.09. The Labute approximate surface area is 141 Å². The monoisotopic (exact) mass is 342 g/mol. The SMILES string of the molecule is Cc1nc(NC(=O)c2cc(F)cc(Oc3cncnc3)c2)ccc1F. The number of aromatic nitrogens is 3. The molecule has 1 N–H and O–H groups in total. The molecule has 0 aliphatic carbocycles. The summed E-state index contributed by atoms with van der Waals surface area (Å²) >= 11 is 0. The van der Waals surface area contributed by atoms with Crippen molar-refractivity contribution in [2.75, 3.05) is 5.32 Å². The van der Waals surface area contributed by atoms with E-state index in [1.165, 1.54) is 43.8 Å². The summed E-state index contributed by atoms with van der Waals surface area (Å²) in [4.78, 5) is 23.7. The first kappa shape index (κ1) is 16.4. The molecule has 0 spiro atoms. The number of hydrogen-bond acceptors (Lipinski definition) is 5. The van der Waals surface area contributed by atoms with Crippen molar-refractivity contribution in [2.24, 2.45) is 0 Å². The number of anilines is 1. The third-order valence-electron chi connectivity index (χ3n) is 3.17. The smallest absolute Gasteiger partial charge is 0.257 e. The molecule has 0 atom stereocenters. The molecular formula is C17H12F2N4O2. The molecule has 0 radical (unpaired) electrons. The van der Waals surface area contributed by atoms with Gasteiger partial charge in [-0.3, -0.25) is 4.79 Å². The van der Waals surface area contributed by atoms with Gasteiger partial charge in [0.2, 0.25) is 0 Å². The highest BCUT2D eigenvalue weighted by Crippen LogP contribution is 2.23. The van der Waals surface area contributed by atoms with Crippen LogP contribution in [-0.2, 0) is 0 Å². The number of nitrogens with zero attached hydrogens (tertiary/aromatic N) is 3. The summed E-state index contributed by atoms with van der Waals surface area (Å²) < 4.78 is 32.4. The van der Waals surface area contributed by atoms with Crippen LogP contribution in [0.15, 0.2) is 49.1 Å². The lowest BCUT2D eigenvalue weighted by atomic mass is 10.2.